The van der Waals surface area contributed by atoms with Gasteiger partial charge < -0.3 is 0 Å². The fraction of sp³-hybridized carbons (Fsp3) is 0. The summed E-state index contributed by atoms with van der Waals surface area (Å²) in [6.45, 7) is 0. The average molecular weight is 311 g/mol. The second-order valence-corrected chi connectivity index (χ2v) is 4.67. The maximum absolute atomic E-state index is 11.6. The van der Waals surface area contributed by atoms with Crippen LogP contribution in [0.3, 0.4) is 0 Å². The van der Waals surface area contributed by atoms with Crippen molar-refractivity contribution < 1.29 is 9.59 Å². The first kappa shape index (κ1) is 11.9. The van der Waals surface area contributed by atoms with Gasteiger partial charge in [0.25, 0.3) is 11.8 Å². The predicted molar refractivity (Wildman–Crippen MR) is 71.0 cm³/mol. The van der Waals surface area contributed by atoms with Crippen LogP contribution >= 0.6 is 28.1 Å². The summed E-state index contributed by atoms with van der Waals surface area (Å²) in [6, 6.07) is 7.28. The van der Waals surface area contributed by atoms with Crippen molar-refractivity contribution >= 4 is 51.2 Å². The number of nitrogens with one attached hydrogen (secondary N) is 2. The van der Waals surface area contributed by atoms with Crippen LogP contribution in [0.5, 0.6) is 0 Å². The zero-order valence-electron chi connectivity index (χ0n) is 8.49. The molecule has 1 aliphatic heterocycles. The zero-order chi connectivity index (χ0) is 12.4. The predicted octanol–water partition coefficient (Wildman–Crippen LogP) is 1.36. The van der Waals surface area contributed by atoms with Crippen molar-refractivity contribution in [3.05, 3.63) is 39.9 Å². The van der Waals surface area contributed by atoms with E-state index in [1.807, 2.05) is 12.1 Å². The molecule has 0 aliphatic carbocycles. The number of carbonyl (C=O) groups is 2. The second-order valence-electron chi connectivity index (χ2n) is 3.35. The van der Waals surface area contributed by atoms with Gasteiger partial charge in [-0.05, 0) is 36.0 Å². The molecule has 0 saturated carbocycles. The SMILES string of the molecule is O=C1NC(=S)NC(=O)C1=Cc1cccc(Br)c1. The molecule has 1 aromatic carbocycles. The van der Waals surface area contributed by atoms with E-state index in [-0.39, 0.29) is 10.7 Å². The van der Waals surface area contributed by atoms with E-state index in [1.165, 1.54) is 6.08 Å². The summed E-state index contributed by atoms with van der Waals surface area (Å²) < 4.78 is 0.874. The highest BCUT2D eigenvalue weighted by molar-refractivity contribution is 9.10. The number of amides is 2. The third-order valence-corrected chi connectivity index (χ3v) is 2.80. The van der Waals surface area contributed by atoms with Gasteiger partial charge in [-0.2, -0.15) is 0 Å². The van der Waals surface area contributed by atoms with Gasteiger partial charge in [-0.25, -0.2) is 0 Å². The molecule has 1 heterocycles. The maximum atomic E-state index is 11.6. The molecular weight excluding hydrogens is 304 g/mol. The van der Waals surface area contributed by atoms with E-state index in [0.29, 0.717) is 0 Å². The fourth-order valence-corrected chi connectivity index (χ4v) is 1.97. The first-order valence-corrected chi connectivity index (χ1v) is 5.90. The third-order valence-electron chi connectivity index (χ3n) is 2.10. The number of thiocarbonyl (C=S) groups is 1. The van der Waals surface area contributed by atoms with E-state index in [9.17, 15) is 9.59 Å². The molecule has 1 saturated heterocycles. The van der Waals surface area contributed by atoms with Gasteiger partial charge in [-0.15, -0.1) is 0 Å². The van der Waals surface area contributed by atoms with Crippen molar-refractivity contribution in [2.24, 2.45) is 0 Å². The molecule has 2 N–H and O–H groups in total. The summed E-state index contributed by atoms with van der Waals surface area (Å²) >= 11 is 8.02. The Hall–Kier alpha value is -1.53. The van der Waals surface area contributed by atoms with Gasteiger partial charge in [0, 0.05) is 4.47 Å². The summed E-state index contributed by atoms with van der Waals surface area (Å²) in [5, 5.41) is 4.78. The third kappa shape index (κ3) is 2.78. The van der Waals surface area contributed by atoms with E-state index >= 15 is 0 Å². The lowest BCUT2D eigenvalue weighted by molar-refractivity contribution is -0.123. The van der Waals surface area contributed by atoms with E-state index in [0.717, 1.165) is 10.0 Å². The molecule has 86 valence electrons. The van der Waals surface area contributed by atoms with Gasteiger partial charge in [0.2, 0.25) is 0 Å². The lowest BCUT2D eigenvalue weighted by Gasteiger charge is -2.16. The van der Waals surface area contributed by atoms with Crippen molar-refractivity contribution in [1.29, 1.82) is 0 Å². The lowest BCUT2D eigenvalue weighted by Crippen LogP contribution is -2.51. The van der Waals surface area contributed by atoms with Crippen molar-refractivity contribution in [3.63, 3.8) is 0 Å². The summed E-state index contributed by atoms with van der Waals surface area (Å²) in [5.41, 5.74) is 0.796. The lowest BCUT2D eigenvalue weighted by atomic mass is 10.1. The first-order chi connectivity index (χ1) is 8.06. The highest BCUT2D eigenvalue weighted by atomic mass is 79.9. The Labute approximate surface area is 111 Å². The number of hydrogen-bond acceptors (Lipinski definition) is 3. The van der Waals surface area contributed by atoms with Crippen LogP contribution in [0, 0.1) is 0 Å². The molecule has 0 radical (unpaired) electrons. The molecule has 0 spiro atoms. The van der Waals surface area contributed by atoms with E-state index in [4.69, 9.17) is 12.2 Å². The van der Waals surface area contributed by atoms with Crippen LogP contribution in [-0.2, 0) is 9.59 Å². The van der Waals surface area contributed by atoms with E-state index in [2.05, 4.69) is 26.6 Å². The quantitative estimate of drug-likeness (QED) is 0.468. The standard InChI is InChI=1S/C11H7BrN2O2S/c12-7-3-1-2-6(4-7)5-8-9(15)13-11(17)14-10(8)16/h1-5H,(H2,13,14,15,16,17). The molecular formula is C11H7BrN2O2S. The van der Waals surface area contributed by atoms with Crippen LogP contribution in [-0.4, -0.2) is 16.9 Å². The van der Waals surface area contributed by atoms with Crippen molar-refractivity contribution in [1.82, 2.24) is 10.6 Å². The minimum absolute atomic E-state index is 0.0337. The van der Waals surface area contributed by atoms with Gasteiger partial charge in [0.15, 0.2) is 5.11 Å². The smallest absolute Gasteiger partial charge is 0.263 e. The van der Waals surface area contributed by atoms with Crippen LogP contribution in [0.15, 0.2) is 34.3 Å². The largest absolute Gasteiger partial charge is 0.299 e. The highest BCUT2D eigenvalue weighted by Crippen LogP contribution is 2.15. The number of rotatable bonds is 1. The van der Waals surface area contributed by atoms with Crippen LogP contribution < -0.4 is 10.6 Å². The Morgan fingerprint density at radius 3 is 2.41 bits per heavy atom. The van der Waals surface area contributed by atoms with Gasteiger partial charge in [0.05, 0.1) is 0 Å². The monoisotopic (exact) mass is 310 g/mol. The highest BCUT2D eigenvalue weighted by Gasteiger charge is 2.25. The second kappa shape index (κ2) is 4.77. The Balaban J connectivity index is 2.36. The van der Waals surface area contributed by atoms with Crippen LogP contribution in [0.4, 0.5) is 0 Å². The molecule has 2 amide bonds. The Morgan fingerprint density at radius 2 is 1.82 bits per heavy atom. The van der Waals surface area contributed by atoms with E-state index in [1.54, 1.807) is 12.1 Å². The Kier molecular flexibility index (Phi) is 3.35. The average Bonchev–Trinajstić information content (AvgIpc) is 2.23. The first-order valence-electron chi connectivity index (χ1n) is 4.70. The molecule has 0 atom stereocenters. The van der Waals surface area contributed by atoms with Gasteiger partial charge >= 0.3 is 0 Å². The fourth-order valence-electron chi connectivity index (χ4n) is 1.37. The minimum Gasteiger partial charge on any atom is -0.299 e. The van der Waals surface area contributed by atoms with Crippen molar-refractivity contribution in [2.75, 3.05) is 0 Å². The zero-order valence-corrected chi connectivity index (χ0v) is 10.9. The van der Waals surface area contributed by atoms with Crippen LogP contribution in [0.25, 0.3) is 6.08 Å². The molecule has 1 aliphatic rings. The van der Waals surface area contributed by atoms with E-state index < -0.39 is 11.8 Å². The number of halogens is 1. The van der Waals surface area contributed by atoms with Crippen molar-refractivity contribution in [3.8, 4) is 0 Å². The van der Waals surface area contributed by atoms with Crippen LogP contribution in [0.1, 0.15) is 5.56 Å². The van der Waals surface area contributed by atoms with Crippen molar-refractivity contribution in [2.45, 2.75) is 0 Å². The van der Waals surface area contributed by atoms with Gasteiger partial charge in [-0.1, -0.05) is 28.1 Å². The van der Waals surface area contributed by atoms with Gasteiger partial charge in [-0.3, -0.25) is 20.2 Å². The summed E-state index contributed by atoms with van der Waals surface area (Å²) in [4.78, 5) is 23.1. The molecule has 1 fully saturated rings. The Bertz CT molecular complexity index is 532. The molecule has 0 unspecified atom stereocenters. The maximum Gasteiger partial charge on any atom is 0.263 e. The summed E-state index contributed by atoms with van der Waals surface area (Å²) in [6.07, 6.45) is 1.51. The number of benzene rings is 1. The molecule has 1 aromatic rings. The molecule has 6 heteroatoms. The molecule has 0 aromatic heterocycles. The summed E-state index contributed by atoms with van der Waals surface area (Å²) in [5.74, 6) is -0.975. The van der Waals surface area contributed by atoms with Crippen LogP contribution in [0.2, 0.25) is 0 Å². The summed E-state index contributed by atoms with van der Waals surface area (Å²) in [7, 11) is 0. The molecule has 0 bridgehead atoms. The van der Waals surface area contributed by atoms with Gasteiger partial charge in [0.1, 0.15) is 5.57 Å². The minimum atomic E-state index is -0.487. The molecule has 4 nitrogen and oxygen atoms in total. The molecule has 2 rings (SSSR count). The number of carbonyl (C=O) groups excluding carboxylic acids is 2. The molecule has 17 heavy (non-hydrogen) atoms. The number of hydrogen-bond donors (Lipinski definition) is 2. The topological polar surface area (TPSA) is 58.2 Å². The Morgan fingerprint density at radius 1 is 1.18 bits per heavy atom. The normalized spacial score (nSPS) is 15.4.